The molecule has 0 aliphatic rings. The van der Waals surface area contributed by atoms with Gasteiger partial charge in [-0.15, -0.1) is 0 Å². The molecule has 1 heterocycles. The van der Waals surface area contributed by atoms with Gasteiger partial charge in [-0.3, -0.25) is 0 Å². The van der Waals surface area contributed by atoms with Crippen molar-refractivity contribution in [1.82, 2.24) is 9.97 Å². The molecule has 0 aliphatic carbocycles. The molecule has 0 aliphatic heterocycles. The molecule has 6 heteroatoms. The smallest absolute Gasteiger partial charge is 0.223 e. The molecule has 0 saturated carbocycles. The van der Waals surface area contributed by atoms with Gasteiger partial charge in [0.1, 0.15) is 11.6 Å². The fraction of sp³-hybridized carbons (Fsp3) is 0.286. The minimum atomic E-state index is 0.0936. The van der Waals surface area contributed by atoms with E-state index in [1.807, 2.05) is 37.3 Å². The molecule has 5 nitrogen and oxygen atoms in total. The van der Waals surface area contributed by atoms with Crippen LogP contribution in [0, 0.1) is 0 Å². The van der Waals surface area contributed by atoms with E-state index >= 15 is 0 Å². The number of anilines is 3. The highest BCUT2D eigenvalue weighted by molar-refractivity contribution is 6.30. The molecular weight excluding hydrogens is 274 g/mol. The van der Waals surface area contributed by atoms with Gasteiger partial charge in [-0.25, -0.2) is 0 Å². The molecule has 0 saturated heterocycles. The fourth-order valence-electron chi connectivity index (χ4n) is 1.87. The largest absolute Gasteiger partial charge is 0.370 e. The molecule has 106 valence electrons. The van der Waals surface area contributed by atoms with E-state index in [-0.39, 0.29) is 12.0 Å². The van der Waals surface area contributed by atoms with Crippen LogP contribution in [0.4, 0.5) is 17.6 Å². The Labute approximate surface area is 123 Å². The molecule has 20 heavy (non-hydrogen) atoms. The zero-order valence-electron chi connectivity index (χ0n) is 11.5. The predicted octanol–water partition coefficient (Wildman–Crippen LogP) is 3.32. The van der Waals surface area contributed by atoms with E-state index in [1.165, 1.54) is 0 Å². The van der Waals surface area contributed by atoms with E-state index in [1.54, 1.807) is 0 Å². The maximum absolute atomic E-state index is 5.89. The summed E-state index contributed by atoms with van der Waals surface area (Å²) in [5.41, 5.74) is 6.83. The summed E-state index contributed by atoms with van der Waals surface area (Å²) in [5, 5.41) is 7.15. The Balaban J connectivity index is 2.14. The quantitative estimate of drug-likeness (QED) is 0.788. The van der Waals surface area contributed by atoms with Crippen LogP contribution in [0.3, 0.4) is 0 Å². The SMILES string of the molecule is CCNc1cc(NC(C)c2ccc(Cl)cc2)nc(N)n1. The Morgan fingerprint density at radius 3 is 2.50 bits per heavy atom. The summed E-state index contributed by atoms with van der Waals surface area (Å²) >= 11 is 5.89. The van der Waals surface area contributed by atoms with Crippen LogP contribution in [0.2, 0.25) is 5.02 Å². The molecule has 0 fully saturated rings. The lowest BCUT2D eigenvalue weighted by atomic mass is 10.1. The Bertz CT molecular complexity index is 570. The third-order valence-electron chi connectivity index (χ3n) is 2.84. The molecule has 1 unspecified atom stereocenters. The number of hydrogen-bond donors (Lipinski definition) is 3. The number of nitrogens with one attached hydrogen (secondary N) is 2. The Morgan fingerprint density at radius 2 is 1.85 bits per heavy atom. The van der Waals surface area contributed by atoms with Crippen molar-refractivity contribution in [2.75, 3.05) is 22.9 Å². The van der Waals surface area contributed by atoms with Gasteiger partial charge in [0.25, 0.3) is 0 Å². The van der Waals surface area contributed by atoms with Crippen LogP contribution in [0.25, 0.3) is 0 Å². The van der Waals surface area contributed by atoms with Gasteiger partial charge in [0.15, 0.2) is 0 Å². The second kappa shape index (κ2) is 6.43. The summed E-state index contributed by atoms with van der Waals surface area (Å²) in [6.45, 7) is 4.83. The molecule has 1 atom stereocenters. The van der Waals surface area contributed by atoms with E-state index in [0.717, 1.165) is 17.1 Å². The average Bonchev–Trinajstić information content (AvgIpc) is 2.39. The number of rotatable bonds is 5. The van der Waals surface area contributed by atoms with Crippen molar-refractivity contribution >= 4 is 29.2 Å². The Hall–Kier alpha value is -2.01. The molecular formula is C14H18ClN5. The molecule has 4 N–H and O–H groups in total. The fourth-order valence-corrected chi connectivity index (χ4v) is 1.99. The van der Waals surface area contributed by atoms with Crippen LogP contribution < -0.4 is 16.4 Å². The second-order valence-corrected chi connectivity index (χ2v) is 4.88. The van der Waals surface area contributed by atoms with Crippen molar-refractivity contribution in [2.24, 2.45) is 0 Å². The van der Waals surface area contributed by atoms with Crippen LogP contribution in [-0.2, 0) is 0 Å². The van der Waals surface area contributed by atoms with Crippen LogP contribution in [0.5, 0.6) is 0 Å². The average molecular weight is 292 g/mol. The van der Waals surface area contributed by atoms with Crippen LogP contribution in [-0.4, -0.2) is 16.5 Å². The zero-order valence-corrected chi connectivity index (χ0v) is 12.3. The molecule has 0 bridgehead atoms. The Kier molecular flexibility index (Phi) is 4.63. The van der Waals surface area contributed by atoms with Gasteiger partial charge >= 0.3 is 0 Å². The molecule has 1 aromatic heterocycles. The second-order valence-electron chi connectivity index (χ2n) is 4.44. The van der Waals surface area contributed by atoms with Crippen LogP contribution in [0.15, 0.2) is 30.3 Å². The van der Waals surface area contributed by atoms with E-state index in [0.29, 0.717) is 11.6 Å². The third kappa shape index (κ3) is 3.74. The van der Waals surface area contributed by atoms with E-state index in [2.05, 4.69) is 27.5 Å². The molecule has 0 spiro atoms. The summed E-state index contributed by atoms with van der Waals surface area (Å²) in [6, 6.07) is 9.63. The van der Waals surface area contributed by atoms with Crippen molar-refractivity contribution in [2.45, 2.75) is 19.9 Å². The zero-order chi connectivity index (χ0) is 14.5. The van der Waals surface area contributed by atoms with Crippen molar-refractivity contribution < 1.29 is 0 Å². The molecule has 2 rings (SSSR count). The van der Waals surface area contributed by atoms with Crippen molar-refractivity contribution in [1.29, 1.82) is 0 Å². The van der Waals surface area contributed by atoms with Gasteiger partial charge in [-0.2, -0.15) is 9.97 Å². The minimum absolute atomic E-state index is 0.0936. The maximum atomic E-state index is 5.89. The molecule has 1 aromatic carbocycles. The number of benzene rings is 1. The Morgan fingerprint density at radius 1 is 1.20 bits per heavy atom. The van der Waals surface area contributed by atoms with Gasteiger partial charge in [0, 0.05) is 23.7 Å². The summed E-state index contributed by atoms with van der Waals surface area (Å²) in [5.74, 6) is 1.65. The highest BCUT2D eigenvalue weighted by atomic mass is 35.5. The van der Waals surface area contributed by atoms with Gasteiger partial charge in [-0.05, 0) is 31.5 Å². The van der Waals surface area contributed by atoms with E-state index < -0.39 is 0 Å². The number of nitrogen functional groups attached to an aromatic ring is 1. The van der Waals surface area contributed by atoms with Crippen molar-refractivity contribution in [3.63, 3.8) is 0 Å². The van der Waals surface area contributed by atoms with Gasteiger partial charge < -0.3 is 16.4 Å². The van der Waals surface area contributed by atoms with Crippen LogP contribution in [0.1, 0.15) is 25.5 Å². The first-order chi connectivity index (χ1) is 9.58. The normalized spacial score (nSPS) is 11.9. The summed E-state index contributed by atoms with van der Waals surface area (Å²) < 4.78 is 0. The summed E-state index contributed by atoms with van der Waals surface area (Å²) in [4.78, 5) is 8.30. The summed E-state index contributed by atoms with van der Waals surface area (Å²) in [7, 11) is 0. The van der Waals surface area contributed by atoms with E-state index in [4.69, 9.17) is 17.3 Å². The highest BCUT2D eigenvalue weighted by Crippen LogP contribution is 2.21. The molecule has 2 aromatic rings. The first-order valence-electron chi connectivity index (χ1n) is 6.49. The lowest BCUT2D eigenvalue weighted by molar-refractivity contribution is 0.873. The van der Waals surface area contributed by atoms with E-state index in [9.17, 15) is 0 Å². The van der Waals surface area contributed by atoms with Crippen molar-refractivity contribution in [3.8, 4) is 0 Å². The number of hydrogen-bond acceptors (Lipinski definition) is 5. The van der Waals surface area contributed by atoms with Gasteiger partial charge in [0.05, 0.1) is 0 Å². The predicted molar refractivity (Wildman–Crippen MR) is 84.1 cm³/mol. The van der Waals surface area contributed by atoms with Crippen LogP contribution >= 0.6 is 11.6 Å². The molecule has 0 radical (unpaired) electrons. The number of nitrogens with two attached hydrogens (primary N) is 1. The van der Waals surface area contributed by atoms with Gasteiger partial charge in [0.2, 0.25) is 5.95 Å². The molecule has 0 amide bonds. The summed E-state index contributed by atoms with van der Waals surface area (Å²) in [6.07, 6.45) is 0. The monoisotopic (exact) mass is 291 g/mol. The highest BCUT2D eigenvalue weighted by Gasteiger charge is 2.08. The minimum Gasteiger partial charge on any atom is -0.370 e. The maximum Gasteiger partial charge on any atom is 0.223 e. The van der Waals surface area contributed by atoms with Crippen molar-refractivity contribution in [3.05, 3.63) is 40.9 Å². The standard InChI is InChI=1S/C14H18ClN5/c1-3-17-12-8-13(20-14(16)19-12)18-9(2)10-4-6-11(15)7-5-10/h4-9H,3H2,1-2H3,(H4,16,17,18,19,20). The lowest BCUT2D eigenvalue weighted by Crippen LogP contribution is -2.11. The number of aromatic nitrogens is 2. The first kappa shape index (κ1) is 14.4. The number of nitrogens with zero attached hydrogens (tertiary/aromatic N) is 2. The first-order valence-corrected chi connectivity index (χ1v) is 6.86. The van der Waals surface area contributed by atoms with Gasteiger partial charge in [-0.1, -0.05) is 23.7 Å². The number of halogens is 1. The topological polar surface area (TPSA) is 75.9 Å². The third-order valence-corrected chi connectivity index (χ3v) is 3.09. The lowest BCUT2D eigenvalue weighted by Gasteiger charge is -2.16.